The molecule has 3 rings (SSSR count). The zero-order valence-electron chi connectivity index (χ0n) is 16.8. The minimum absolute atomic E-state index is 0.00996. The fourth-order valence-corrected chi connectivity index (χ4v) is 3.96. The van der Waals surface area contributed by atoms with E-state index < -0.39 is 0 Å². The lowest BCUT2D eigenvalue weighted by atomic mass is 9.83. The summed E-state index contributed by atoms with van der Waals surface area (Å²) >= 11 is 0. The van der Waals surface area contributed by atoms with E-state index in [0.29, 0.717) is 18.4 Å². The molecule has 0 radical (unpaired) electrons. The molecule has 0 saturated carbocycles. The minimum Gasteiger partial charge on any atom is -0.511 e. The molecule has 0 aromatic heterocycles. The molecule has 6 nitrogen and oxygen atoms in total. The molecule has 28 heavy (non-hydrogen) atoms. The highest BCUT2D eigenvalue weighted by molar-refractivity contribution is 6.13. The van der Waals surface area contributed by atoms with Crippen LogP contribution in [-0.4, -0.2) is 67.2 Å². The minimum atomic E-state index is -0.00996. The molecule has 1 aliphatic heterocycles. The standard InChI is InChI=1S/C22H29N3O3/c1-16-3-5-18(6-4-16)19-13-21(27)20(22(28)14-19)15-23-7-8-24-9-11-25(12-10-24)17(2)26/h3-6,15,19,27H,7-14H2,1-2H3/p+2/t19-/m1/s1. The number of piperazine rings is 1. The van der Waals surface area contributed by atoms with E-state index in [0.717, 1.165) is 44.8 Å². The Kier molecular flexibility index (Phi) is 6.62. The Bertz CT molecular complexity index is 775. The molecule has 1 aliphatic carbocycles. The molecular formula is C22H31N3O3+2. The smallest absolute Gasteiger partial charge is 0.219 e. The zero-order chi connectivity index (χ0) is 20.1. The maximum absolute atomic E-state index is 12.5. The number of hydrogen-bond acceptors (Lipinski definition) is 3. The molecule has 6 heteroatoms. The van der Waals surface area contributed by atoms with Crippen LogP contribution in [0.4, 0.5) is 0 Å². The Balaban J connectivity index is 1.51. The normalized spacial score (nSPS) is 21.6. The number of benzene rings is 1. The number of aliphatic hydroxyl groups is 1. The summed E-state index contributed by atoms with van der Waals surface area (Å²) in [5.41, 5.74) is 2.71. The van der Waals surface area contributed by atoms with Gasteiger partial charge < -0.3 is 14.9 Å². The van der Waals surface area contributed by atoms with Crippen LogP contribution in [0.1, 0.15) is 36.8 Å². The summed E-state index contributed by atoms with van der Waals surface area (Å²) in [5, 5.41) is 10.4. The maximum atomic E-state index is 12.5. The Morgan fingerprint density at radius 2 is 1.93 bits per heavy atom. The molecule has 1 amide bonds. The van der Waals surface area contributed by atoms with Gasteiger partial charge in [-0.2, -0.15) is 0 Å². The predicted octanol–water partition coefficient (Wildman–Crippen LogP) is -0.848. The number of carbonyl (C=O) groups excluding carboxylic acids is 2. The number of rotatable bonds is 5. The third-order valence-corrected chi connectivity index (χ3v) is 5.82. The number of nitrogens with zero attached hydrogens (tertiary/aromatic N) is 1. The number of allylic oxidation sites excluding steroid dienone is 2. The van der Waals surface area contributed by atoms with Crippen LogP contribution in [-0.2, 0) is 9.59 Å². The average molecular weight is 386 g/mol. The van der Waals surface area contributed by atoms with Gasteiger partial charge >= 0.3 is 0 Å². The number of Topliss-reactive ketones (excluding diaryl/α,β-unsaturated/α-hetero) is 1. The van der Waals surface area contributed by atoms with Crippen molar-refractivity contribution >= 4 is 17.9 Å². The number of ketones is 1. The van der Waals surface area contributed by atoms with Gasteiger partial charge in [0.25, 0.3) is 0 Å². The Morgan fingerprint density at radius 3 is 2.54 bits per heavy atom. The number of carbonyl (C=O) groups is 2. The van der Waals surface area contributed by atoms with Gasteiger partial charge in [-0.25, -0.2) is 4.99 Å². The van der Waals surface area contributed by atoms with Crippen molar-refractivity contribution in [3.8, 4) is 0 Å². The molecule has 0 bridgehead atoms. The molecule has 0 unspecified atom stereocenters. The molecule has 1 aromatic rings. The van der Waals surface area contributed by atoms with E-state index in [1.807, 2.05) is 36.1 Å². The number of aliphatic hydroxyl groups excluding tert-OH is 1. The Hall–Kier alpha value is -2.47. The monoisotopic (exact) mass is 385 g/mol. The van der Waals surface area contributed by atoms with Crippen molar-refractivity contribution in [2.75, 3.05) is 39.3 Å². The van der Waals surface area contributed by atoms with Crippen LogP contribution in [0.3, 0.4) is 0 Å². The fraction of sp³-hybridized carbons (Fsp3) is 0.500. The molecule has 1 heterocycles. The summed E-state index contributed by atoms with van der Waals surface area (Å²) in [6, 6.07) is 8.18. The quantitative estimate of drug-likeness (QED) is 0.578. The van der Waals surface area contributed by atoms with Crippen LogP contribution in [0.5, 0.6) is 0 Å². The average Bonchev–Trinajstić information content (AvgIpc) is 2.67. The summed E-state index contributed by atoms with van der Waals surface area (Å²) in [4.78, 5) is 30.4. The maximum Gasteiger partial charge on any atom is 0.219 e. The van der Waals surface area contributed by atoms with Crippen molar-refractivity contribution in [1.82, 2.24) is 4.90 Å². The van der Waals surface area contributed by atoms with Crippen LogP contribution < -0.4 is 9.89 Å². The molecular weight excluding hydrogens is 354 g/mol. The van der Waals surface area contributed by atoms with Crippen LogP contribution in [0.25, 0.3) is 0 Å². The van der Waals surface area contributed by atoms with Crippen molar-refractivity contribution in [2.24, 2.45) is 0 Å². The van der Waals surface area contributed by atoms with Crippen LogP contribution in [0, 0.1) is 6.92 Å². The molecule has 1 aromatic carbocycles. The summed E-state index contributed by atoms with van der Waals surface area (Å²) in [6.07, 6.45) is 2.60. The molecule has 150 valence electrons. The molecule has 1 saturated heterocycles. The van der Waals surface area contributed by atoms with Crippen LogP contribution >= 0.6 is 0 Å². The van der Waals surface area contributed by atoms with Crippen molar-refractivity contribution in [1.29, 1.82) is 0 Å². The van der Waals surface area contributed by atoms with Crippen molar-refractivity contribution in [3.05, 3.63) is 46.7 Å². The van der Waals surface area contributed by atoms with E-state index in [1.165, 1.54) is 10.5 Å². The highest BCUT2D eigenvalue weighted by Crippen LogP contribution is 2.32. The lowest BCUT2D eigenvalue weighted by Gasteiger charge is -2.30. The van der Waals surface area contributed by atoms with Gasteiger partial charge in [-0.1, -0.05) is 29.8 Å². The summed E-state index contributed by atoms with van der Waals surface area (Å²) in [5.74, 6) is 0.362. The molecule has 1 fully saturated rings. The lowest BCUT2D eigenvalue weighted by molar-refractivity contribution is -0.910. The van der Waals surface area contributed by atoms with Gasteiger partial charge in [0.1, 0.15) is 17.9 Å². The van der Waals surface area contributed by atoms with Crippen LogP contribution in [0.2, 0.25) is 0 Å². The highest BCUT2D eigenvalue weighted by atomic mass is 16.3. The molecule has 3 N–H and O–H groups in total. The first-order valence-electron chi connectivity index (χ1n) is 10.1. The lowest BCUT2D eigenvalue weighted by Crippen LogP contribution is -3.16. The van der Waals surface area contributed by atoms with Gasteiger partial charge in [0.15, 0.2) is 18.5 Å². The van der Waals surface area contributed by atoms with E-state index in [1.54, 1.807) is 13.1 Å². The van der Waals surface area contributed by atoms with E-state index in [4.69, 9.17) is 0 Å². The summed E-state index contributed by atoms with van der Waals surface area (Å²) in [6.45, 7) is 8.83. The Labute approximate surface area is 166 Å². The number of hydrogen-bond donors (Lipinski definition) is 3. The predicted molar refractivity (Wildman–Crippen MR) is 108 cm³/mol. The molecule has 2 aliphatic rings. The van der Waals surface area contributed by atoms with Gasteiger partial charge in [-0.15, -0.1) is 0 Å². The van der Waals surface area contributed by atoms with Crippen molar-refractivity contribution in [2.45, 2.75) is 32.6 Å². The van der Waals surface area contributed by atoms with E-state index in [-0.39, 0.29) is 23.4 Å². The van der Waals surface area contributed by atoms with E-state index >= 15 is 0 Å². The van der Waals surface area contributed by atoms with Gasteiger partial charge in [0, 0.05) is 19.8 Å². The first kappa shape index (κ1) is 20.3. The topological polar surface area (TPSA) is 76.0 Å². The van der Waals surface area contributed by atoms with Crippen molar-refractivity contribution in [3.63, 3.8) is 0 Å². The summed E-state index contributed by atoms with van der Waals surface area (Å²) < 4.78 is 0. The Morgan fingerprint density at radius 1 is 1.25 bits per heavy atom. The van der Waals surface area contributed by atoms with Crippen LogP contribution in [0.15, 0.2) is 35.6 Å². The first-order chi connectivity index (χ1) is 13.4. The largest absolute Gasteiger partial charge is 0.511 e. The SMILES string of the molecule is CC(=O)N1CC[NH+](CC[NH+]=CC2=C(O)C[C@@H](c3ccc(C)cc3)CC2=O)CC1. The number of nitrogens with one attached hydrogen (secondary N) is 2. The van der Waals surface area contributed by atoms with Gasteiger partial charge in [-0.3, -0.25) is 9.59 Å². The summed E-state index contributed by atoms with van der Waals surface area (Å²) in [7, 11) is 0. The number of amides is 1. The van der Waals surface area contributed by atoms with Gasteiger partial charge in [-0.05, 0) is 18.4 Å². The second-order valence-corrected chi connectivity index (χ2v) is 7.90. The number of aryl methyl sites for hydroxylation is 1. The second kappa shape index (κ2) is 9.15. The fourth-order valence-electron chi connectivity index (χ4n) is 3.96. The van der Waals surface area contributed by atoms with Gasteiger partial charge in [0.2, 0.25) is 5.91 Å². The van der Waals surface area contributed by atoms with E-state index in [9.17, 15) is 14.7 Å². The van der Waals surface area contributed by atoms with Gasteiger partial charge in [0.05, 0.1) is 26.2 Å². The van der Waals surface area contributed by atoms with Crippen molar-refractivity contribution < 1.29 is 24.6 Å². The third kappa shape index (κ3) is 5.07. The highest BCUT2D eigenvalue weighted by Gasteiger charge is 2.29. The molecule has 1 atom stereocenters. The van der Waals surface area contributed by atoms with E-state index in [2.05, 4.69) is 4.99 Å². The first-order valence-corrected chi connectivity index (χ1v) is 10.1. The third-order valence-electron chi connectivity index (χ3n) is 5.82. The zero-order valence-corrected chi connectivity index (χ0v) is 16.8. The number of quaternary nitrogens is 1. The second-order valence-electron chi connectivity index (χ2n) is 7.90. The molecule has 0 spiro atoms.